The van der Waals surface area contributed by atoms with Crippen molar-refractivity contribution in [3.8, 4) is 5.75 Å². The first-order valence-corrected chi connectivity index (χ1v) is 11.5. The Labute approximate surface area is 179 Å². The summed E-state index contributed by atoms with van der Waals surface area (Å²) in [6.45, 7) is -0.0909. The smallest absolute Gasteiger partial charge is 0.261 e. The van der Waals surface area contributed by atoms with Gasteiger partial charge in [0.1, 0.15) is 5.75 Å². The lowest BCUT2D eigenvalue weighted by Gasteiger charge is -2.29. The zero-order chi connectivity index (χ0) is 20.3. The summed E-state index contributed by atoms with van der Waals surface area (Å²) < 4.78 is 29.4. The van der Waals surface area contributed by atoms with E-state index in [0.717, 1.165) is 0 Å². The molecule has 28 heavy (non-hydrogen) atoms. The number of carbonyl (C=O) groups excluding carboxylic acids is 1. The molecule has 1 amide bonds. The summed E-state index contributed by atoms with van der Waals surface area (Å²) in [6, 6.07) is 11.4. The van der Waals surface area contributed by atoms with Crippen LogP contribution in [0.2, 0.25) is 15.1 Å². The fourth-order valence-electron chi connectivity index (χ4n) is 3.06. The number of nitrogens with zero attached hydrogens (tertiary/aromatic N) is 1. The van der Waals surface area contributed by atoms with E-state index in [4.69, 9.17) is 39.5 Å². The molecular formula is C19H18Cl3NO4S. The summed E-state index contributed by atoms with van der Waals surface area (Å²) in [6.07, 6.45) is 0.380. The molecule has 2 aromatic rings. The number of rotatable bonds is 6. The maximum atomic E-state index is 12.9. The van der Waals surface area contributed by atoms with Gasteiger partial charge in [-0.1, -0.05) is 53.0 Å². The van der Waals surface area contributed by atoms with Gasteiger partial charge in [-0.05, 0) is 36.2 Å². The molecule has 0 aliphatic carbocycles. The van der Waals surface area contributed by atoms with Gasteiger partial charge < -0.3 is 9.64 Å². The molecule has 0 aromatic heterocycles. The number of hydrogen-bond acceptors (Lipinski definition) is 4. The van der Waals surface area contributed by atoms with Crippen LogP contribution in [0.3, 0.4) is 0 Å². The number of sulfone groups is 1. The molecule has 9 heteroatoms. The van der Waals surface area contributed by atoms with Crippen LogP contribution in [0.4, 0.5) is 0 Å². The molecule has 1 aliphatic heterocycles. The SMILES string of the molecule is O=C(COc1ccccc1Cl)N(Cc1ccc(Cl)cc1Cl)[C@H]1CCS(=O)(=O)C1. The molecule has 1 saturated heterocycles. The summed E-state index contributed by atoms with van der Waals surface area (Å²) in [5, 5.41) is 1.29. The lowest BCUT2D eigenvalue weighted by atomic mass is 10.1. The molecule has 5 nitrogen and oxygen atoms in total. The Balaban J connectivity index is 1.79. The predicted molar refractivity (Wildman–Crippen MR) is 111 cm³/mol. The third kappa shape index (κ3) is 5.32. The number of hydrogen-bond donors (Lipinski definition) is 0. The predicted octanol–water partition coefficient (Wildman–Crippen LogP) is 4.24. The molecule has 0 spiro atoms. The van der Waals surface area contributed by atoms with Crippen molar-refractivity contribution >= 4 is 50.5 Å². The minimum absolute atomic E-state index is 0.0567. The molecular weight excluding hydrogens is 445 g/mol. The first-order chi connectivity index (χ1) is 13.2. The molecule has 1 atom stereocenters. The zero-order valence-electron chi connectivity index (χ0n) is 14.8. The molecule has 0 radical (unpaired) electrons. The Kier molecular flexibility index (Phi) is 6.76. The highest BCUT2D eigenvalue weighted by molar-refractivity contribution is 7.91. The maximum absolute atomic E-state index is 12.9. The van der Waals surface area contributed by atoms with Crippen molar-refractivity contribution in [1.82, 2.24) is 4.90 Å². The summed E-state index contributed by atoms with van der Waals surface area (Å²) in [4.78, 5) is 14.4. The highest BCUT2D eigenvalue weighted by Crippen LogP contribution is 2.27. The summed E-state index contributed by atoms with van der Waals surface area (Å²) in [5.74, 6) is 0.0334. The molecule has 1 fully saturated rings. The molecule has 0 bridgehead atoms. The summed E-state index contributed by atoms with van der Waals surface area (Å²) in [5.41, 5.74) is 0.682. The van der Waals surface area contributed by atoms with Crippen LogP contribution in [0.25, 0.3) is 0 Å². The van der Waals surface area contributed by atoms with Crippen molar-refractivity contribution in [3.63, 3.8) is 0 Å². The lowest BCUT2D eigenvalue weighted by Crippen LogP contribution is -2.43. The third-order valence-electron chi connectivity index (χ3n) is 4.51. The second-order valence-corrected chi connectivity index (χ2v) is 10.0. The fraction of sp³-hybridized carbons (Fsp3) is 0.316. The van der Waals surface area contributed by atoms with Gasteiger partial charge in [0.25, 0.3) is 5.91 Å². The van der Waals surface area contributed by atoms with Crippen molar-refractivity contribution in [1.29, 1.82) is 0 Å². The second kappa shape index (κ2) is 8.91. The number of halogens is 3. The lowest BCUT2D eigenvalue weighted by molar-refractivity contribution is -0.136. The van der Waals surface area contributed by atoms with E-state index in [1.165, 1.54) is 4.90 Å². The van der Waals surface area contributed by atoms with Gasteiger partial charge in [-0.3, -0.25) is 4.79 Å². The van der Waals surface area contributed by atoms with Crippen LogP contribution in [-0.4, -0.2) is 43.4 Å². The molecule has 0 N–H and O–H groups in total. The molecule has 1 aliphatic rings. The van der Waals surface area contributed by atoms with Gasteiger partial charge in [-0.2, -0.15) is 0 Å². The number of para-hydroxylation sites is 1. The van der Waals surface area contributed by atoms with Gasteiger partial charge in [-0.25, -0.2) is 8.42 Å². The van der Waals surface area contributed by atoms with Crippen molar-refractivity contribution in [2.75, 3.05) is 18.1 Å². The van der Waals surface area contributed by atoms with Gasteiger partial charge >= 0.3 is 0 Å². The van der Waals surface area contributed by atoms with Crippen LogP contribution in [0.1, 0.15) is 12.0 Å². The van der Waals surface area contributed by atoms with E-state index in [9.17, 15) is 13.2 Å². The highest BCUT2D eigenvalue weighted by Gasteiger charge is 2.35. The number of benzene rings is 2. The second-order valence-electron chi connectivity index (χ2n) is 6.53. The van der Waals surface area contributed by atoms with Gasteiger partial charge in [0.05, 0.1) is 16.5 Å². The van der Waals surface area contributed by atoms with E-state index >= 15 is 0 Å². The number of carbonyl (C=O) groups is 1. The van der Waals surface area contributed by atoms with Crippen molar-refractivity contribution in [2.45, 2.75) is 19.0 Å². The van der Waals surface area contributed by atoms with E-state index in [0.29, 0.717) is 32.8 Å². The van der Waals surface area contributed by atoms with E-state index in [-0.39, 0.29) is 30.6 Å². The average Bonchev–Trinajstić information content (AvgIpc) is 2.99. The van der Waals surface area contributed by atoms with Crippen LogP contribution in [0.15, 0.2) is 42.5 Å². The van der Waals surface area contributed by atoms with E-state index in [2.05, 4.69) is 0 Å². The molecule has 2 aromatic carbocycles. The first-order valence-electron chi connectivity index (χ1n) is 8.56. The summed E-state index contributed by atoms with van der Waals surface area (Å²) >= 11 is 18.2. The average molecular weight is 463 g/mol. The van der Waals surface area contributed by atoms with Crippen LogP contribution >= 0.6 is 34.8 Å². The van der Waals surface area contributed by atoms with Gasteiger partial charge in [0.15, 0.2) is 16.4 Å². The first kappa shape index (κ1) is 21.2. The normalized spacial score (nSPS) is 18.0. The summed E-state index contributed by atoms with van der Waals surface area (Å²) in [7, 11) is -3.17. The Hall–Kier alpha value is -1.47. The molecule has 150 valence electrons. The zero-order valence-corrected chi connectivity index (χ0v) is 17.9. The minimum Gasteiger partial charge on any atom is -0.482 e. The monoisotopic (exact) mass is 461 g/mol. The quantitative estimate of drug-likeness (QED) is 0.644. The molecule has 0 saturated carbocycles. The van der Waals surface area contributed by atoms with Crippen LogP contribution in [0.5, 0.6) is 5.75 Å². The van der Waals surface area contributed by atoms with Crippen LogP contribution < -0.4 is 4.74 Å². The van der Waals surface area contributed by atoms with Gasteiger partial charge in [0, 0.05) is 22.6 Å². The Morgan fingerprint density at radius 3 is 2.50 bits per heavy atom. The van der Waals surface area contributed by atoms with Crippen molar-refractivity contribution < 1.29 is 17.9 Å². The van der Waals surface area contributed by atoms with Crippen molar-refractivity contribution in [2.24, 2.45) is 0 Å². The Morgan fingerprint density at radius 2 is 1.86 bits per heavy atom. The highest BCUT2D eigenvalue weighted by atomic mass is 35.5. The molecule has 3 rings (SSSR count). The van der Waals surface area contributed by atoms with Crippen LogP contribution in [0, 0.1) is 0 Å². The number of amides is 1. The largest absolute Gasteiger partial charge is 0.482 e. The van der Waals surface area contributed by atoms with Gasteiger partial charge in [0.2, 0.25) is 0 Å². The number of ether oxygens (including phenoxy) is 1. The molecule has 0 unspecified atom stereocenters. The minimum atomic E-state index is -3.17. The Morgan fingerprint density at radius 1 is 1.11 bits per heavy atom. The Bertz CT molecular complexity index is 981. The van der Waals surface area contributed by atoms with Gasteiger partial charge in [-0.15, -0.1) is 0 Å². The third-order valence-corrected chi connectivity index (χ3v) is 7.16. The maximum Gasteiger partial charge on any atom is 0.261 e. The van der Waals surface area contributed by atoms with E-state index < -0.39 is 15.9 Å². The topological polar surface area (TPSA) is 63.7 Å². The fourth-order valence-corrected chi connectivity index (χ4v) is 5.45. The van der Waals surface area contributed by atoms with Crippen LogP contribution in [-0.2, 0) is 21.2 Å². The van der Waals surface area contributed by atoms with E-state index in [1.54, 1.807) is 42.5 Å². The van der Waals surface area contributed by atoms with E-state index in [1.807, 2.05) is 0 Å². The standard InChI is InChI=1S/C19H18Cl3NO4S/c20-14-6-5-13(17(22)9-14)10-23(15-7-8-28(25,26)12-15)19(24)11-27-18-4-2-1-3-16(18)21/h1-6,9,15H,7-8,10-12H2/t15-/m0/s1. The van der Waals surface area contributed by atoms with Crippen molar-refractivity contribution in [3.05, 3.63) is 63.1 Å². The molecule has 1 heterocycles.